The lowest BCUT2D eigenvalue weighted by atomic mass is 10.2. The Morgan fingerprint density at radius 2 is 1.96 bits per heavy atom. The van der Waals surface area contributed by atoms with Gasteiger partial charge in [0.1, 0.15) is 10.0 Å². The summed E-state index contributed by atoms with van der Waals surface area (Å²) in [6.45, 7) is 0. The Labute approximate surface area is 159 Å². The fourth-order valence-corrected chi connectivity index (χ4v) is 4.16. The summed E-state index contributed by atoms with van der Waals surface area (Å²) in [6, 6.07) is 19.4. The van der Waals surface area contributed by atoms with E-state index >= 15 is 0 Å². The molecule has 1 amide bonds. The highest BCUT2D eigenvalue weighted by atomic mass is 32.2. The number of thiazole rings is 1. The van der Waals surface area contributed by atoms with Crippen LogP contribution in [-0.2, 0) is 0 Å². The van der Waals surface area contributed by atoms with E-state index in [0.717, 1.165) is 26.5 Å². The predicted molar refractivity (Wildman–Crippen MR) is 109 cm³/mol. The van der Waals surface area contributed by atoms with Crippen LogP contribution in [0.1, 0.15) is 10.4 Å². The van der Waals surface area contributed by atoms with Crippen LogP contribution in [0.4, 0.5) is 5.69 Å². The van der Waals surface area contributed by atoms with E-state index in [4.69, 9.17) is 0 Å². The van der Waals surface area contributed by atoms with Crippen molar-refractivity contribution >= 4 is 44.9 Å². The minimum absolute atomic E-state index is 0.163. The molecule has 6 heteroatoms. The topological polar surface area (TPSA) is 54.9 Å². The highest BCUT2D eigenvalue weighted by Crippen LogP contribution is 2.31. The SMILES string of the molecule is CSc1ncccc1C(=O)Nc1cccc(-c2nc3ccccc3s2)c1. The molecule has 0 unspecified atom stereocenters. The molecule has 2 aromatic heterocycles. The van der Waals surface area contributed by atoms with Crippen molar-refractivity contribution in [2.24, 2.45) is 0 Å². The van der Waals surface area contributed by atoms with Gasteiger partial charge >= 0.3 is 0 Å². The number of fused-ring (bicyclic) bond motifs is 1. The molecule has 0 spiro atoms. The Kier molecular flexibility index (Phi) is 4.69. The Bertz CT molecular complexity index is 1060. The number of aromatic nitrogens is 2. The third kappa shape index (κ3) is 3.34. The number of carbonyl (C=O) groups is 1. The molecule has 4 rings (SSSR count). The zero-order chi connectivity index (χ0) is 17.9. The van der Waals surface area contributed by atoms with Gasteiger partial charge in [-0.2, -0.15) is 0 Å². The largest absolute Gasteiger partial charge is 0.322 e. The first kappa shape index (κ1) is 16.8. The van der Waals surface area contributed by atoms with E-state index in [1.165, 1.54) is 11.8 Å². The van der Waals surface area contributed by atoms with Crippen LogP contribution in [0.5, 0.6) is 0 Å². The molecular formula is C20H15N3OS2. The Morgan fingerprint density at radius 3 is 2.81 bits per heavy atom. The number of nitrogens with zero attached hydrogens (tertiary/aromatic N) is 2. The summed E-state index contributed by atoms with van der Waals surface area (Å²) in [7, 11) is 0. The van der Waals surface area contributed by atoms with Gasteiger partial charge < -0.3 is 5.32 Å². The molecule has 0 saturated carbocycles. The maximum atomic E-state index is 12.6. The van der Waals surface area contributed by atoms with Crippen LogP contribution in [0, 0.1) is 0 Å². The van der Waals surface area contributed by atoms with Crippen molar-refractivity contribution < 1.29 is 4.79 Å². The summed E-state index contributed by atoms with van der Waals surface area (Å²) in [6.07, 6.45) is 3.60. The monoisotopic (exact) mass is 377 g/mol. The summed E-state index contributed by atoms with van der Waals surface area (Å²) < 4.78 is 1.15. The summed E-state index contributed by atoms with van der Waals surface area (Å²) in [4.78, 5) is 21.5. The number of pyridine rings is 1. The molecule has 0 saturated heterocycles. The lowest BCUT2D eigenvalue weighted by Gasteiger charge is -2.08. The van der Waals surface area contributed by atoms with Crippen molar-refractivity contribution in [2.45, 2.75) is 5.03 Å². The fraction of sp³-hybridized carbons (Fsp3) is 0.0500. The molecule has 26 heavy (non-hydrogen) atoms. The van der Waals surface area contributed by atoms with Gasteiger partial charge in [0.05, 0.1) is 15.8 Å². The number of para-hydroxylation sites is 1. The number of amides is 1. The highest BCUT2D eigenvalue weighted by Gasteiger charge is 2.13. The Morgan fingerprint density at radius 1 is 1.08 bits per heavy atom. The second-order valence-electron chi connectivity index (χ2n) is 5.58. The van der Waals surface area contributed by atoms with Gasteiger partial charge in [0.15, 0.2) is 0 Å². The molecule has 4 aromatic rings. The zero-order valence-electron chi connectivity index (χ0n) is 14.0. The number of benzene rings is 2. The Balaban J connectivity index is 1.62. The average molecular weight is 377 g/mol. The van der Waals surface area contributed by atoms with Gasteiger partial charge in [-0.25, -0.2) is 9.97 Å². The van der Waals surface area contributed by atoms with Gasteiger partial charge in [-0.1, -0.05) is 24.3 Å². The molecule has 0 fully saturated rings. The van der Waals surface area contributed by atoms with Crippen molar-refractivity contribution in [3.63, 3.8) is 0 Å². The minimum Gasteiger partial charge on any atom is -0.322 e. The van der Waals surface area contributed by atoms with Gasteiger partial charge in [0.25, 0.3) is 5.91 Å². The summed E-state index contributed by atoms with van der Waals surface area (Å²) in [5.41, 5.74) is 3.29. The molecule has 0 bridgehead atoms. The molecule has 2 aromatic carbocycles. The number of thioether (sulfide) groups is 1. The first-order valence-corrected chi connectivity index (χ1v) is 10.0. The van der Waals surface area contributed by atoms with Crippen molar-refractivity contribution in [3.8, 4) is 10.6 Å². The van der Waals surface area contributed by atoms with Gasteiger partial charge in [0, 0.05) is 17.4 Å². The number of hydrogen-bond donors (Lipinski definition) is 1. The smallest absolute Gasteiger partial charge is 0.258 e. The molecular weight excluding hydrogens is 362 g/mol. The number of hydrogen-bond acceptors (Lipinski definition) is 5. The Hall–Kier alpha value is -2.70. The van der Waals surface area contributed by atoms with E-state index in [2.05, 4.69) is 21.4 Å². The second-order valence-corrected chi connectivity index (χ2v) is 7.41. The minimum atomic E-state index is -0.163. The van der Waals surface area contributed by atoms with Crippen LogP contribution in [-0.4, -0.2) is 22.1 Å². The zero-order valence-corrected chi connectivity index (χ0v) is 15.6. The normalized spacial score (nSPS) is 10.8. The van der Waals surface area contributed by atoms with Crippen LogP contribution in [0.2, 0.25) is 0 Å². The summed E-state index contributed by atoms with van der Waals surface area (Å²) >= 11 is 3.10. The predicted octanol–water partition coefficient (Wildman–Crippen LogP) is 5.33. The maximum absolute atomic E-state index is 12.6. The van der Waals surface area contributed by atoms with E-state index in [-0.39, 0.29) is 5.91 Å². The third-order valence-electron chi connectivity index (χ3n) is 3.87. The molecule has 0 aliphatic rings. The first-order chi connectivity index (χ1) is 12.7. The molecule has 0 atom stereocenters. The maximum Gasteiger partial charge on any atom is 0.258 e. The van der Waals surface area contributed by atoms with E-state index in [1.54, 1.807) is 29.7 Å². The van der Waals surface area contributed by atoms with E-state index in [0.29, 0.717) is 10.6 Å². The molecule has 4 nitrogen and oxygen atoms in total. The van der Waals surface area contributed by atoms with Crippen LogP contribution in [0.25, 0.3) is 20.8 Å². The van der Waals surface area contributed by atoms with Gasteiger partial charge in [0.2, 0.25) is 0 Å². The van der Waals surface area contributed by atoms with Gasteiger partial charge in [-0.05, 0) is 42.7 Å². The number of anilines is 1. The van der Waals surface area contributed by atoms with Crippen molar-refractivity contribution in [3.05, 3.63) is 72.4 Å². The van der Waals surface area contributed by atoms with Crippen LogP contribution >= 0.6 is 23.1 Å². The fourth-order valence-electron chi connectivity index (χ4n) is 2.65. The van der Waals surface area contributed by atoms with Crippen LogP contribution < -0.4 is 5.32 Å². The van der Waals surface area contributed by atoms with E-state index in [1.807, 2.05) is 48.7 Å². The van der Waals surface area contributed by atoms with Crippen molar-refractivity contribution in [1.29, 1.82) is 0 Å². The lowest BCUT2D eigenvalue weighted by Crippen LogP contribution is -2.13. The molecule has 128 valence electrons. The summed E-state index contributed by atoms with van der Waals surface area (Å²) in [5, 5.41) is 4.61. The number of rotatable bonds is 4. The highest BCUT2D eigenvalue weighted by molar-refractivity contribution is 7.98. The molecule has 2 heterocycles. The molecule has 0 aliphatic heterocycles. The van der Waals surface area contributed by atoms with Crippen LogP contribution in [0.3, 0.4) is 0 Å². The van der Waals surface area contributed by atoms with Gasteiger partial charge in [-0.3, -0.25) is 4.79 Å². The third-order valence-corrected chi connectivity index (χ3v) is 5.67. The standard InChI is InChI=1S/C20H15N3OS2/c1-25-20-15(8-5-11-21-20)18(24)22-14-7-4-6-13(12-14)19-23-16-9-2-3-10-17(16)26-19/h2-12H,1H3,(H,22,24). The molecule has 0 radical (unpaired) electrons. The molecule has 0 aliphatic carbocycles. The number of carbonyl (C=O) groups excluding carboxylic acids is 1. The van der Waals surface area contributed by atoms with Crippen molar-refractivity contribution in [2.75, 3.05) is 11.6 Å². The molecule has 1 N–H and O–H groups in total. The quantitative estimate of drug-likeness (QED) is 0.488. The lowest BCUT2D eigenvalue weighted by molar-refractivity contribution is 0.102. The summed E-state index contributed by atoms with van der Waals surface area (Å²) in [5.74, 6) is -0.163. The van der Waals surface area contributed by atoms with E-state index in [9.17, 15) is 4.79 Å². The van der Waals surface area contributed by atoms with E-state index < -0.39 is 0 Å². The second kappa shape index (κ2) is 7.27. The van der Waals surface area contributed by atoms with Crippen molar-refractivity contribution in [1.82, 2.24) is 9.97 Å². The number of nitrogens with one attached hydrogen (secondary N) is 1. The van der Waals surface area contributed by atoms with Gasteiger partial charge in [-0.15, -0.1) is 23.1 Å². The average Bonchev–Trinajstić information content (AvgIpc) is 3.12. The van der Waals surface area contributed by atoms with Crippen LogP contribution in [0.15, 0.2) is 71.9 Å². The first-order valence-electron chi connectivity index (χ1n) is 8.01.